The molecule has 0 N–H and O–H groups in total. The first-order valence-electron chi connectivity index (χ1n) is 7.73. The van der Waals surface area contributed by atoms with Gasteiger partial charge in [-0.2, -0.15) is 0 Å². The standard InChI is InChI=1S/C18H12Cl2N2O4/c1-25-13-7-6-9(19)8-12(13)22-17(23)14-15(21-26-16(14)18(22)24)10-4-2-3-5-11(10)20/h2-8,14,16H,1H3/t14-,16-/m1/s1. The molecule has 8 heteroatoms. The van der Waals surface area contributed by atoms with Crippen LogP contribution in [0.2, 0.25) is 10.0 Å². The number of methoxy groups -OCH3 is 1. The normalized spacial score (nSPS) is 21.5. The molecule has 0 radical (unpaired) electrons. The third-order valence-corrected chi connectivity index (χ3v) is 4.91. The maximum absolute atomic E-state index is 13.1. The highest BCUT2D eigenvalue weighted by molar-refractivity contribution is 6.38. The van der Waals surface area contributed by atoms with E-state index in [9.17, 15) is 9.59 Å². The summed E-state index contributed by atoms with van der Waals surface area (Å²) in [5.41, 5.74) is 1.16. The molecular formula is C18H12Cl2N2O4. The van der Waals surface area contributed by atoms with Crippen LogP contribution in [-0.4, -0.2) is 30.7 Å². The van der Waals surface area contributed by atoms with E-state index in [0.29, 0.717) is 27.1 Å². The molecule has 2 aromatic rings. The highest BCUT2D eigenvalue weighted by Gasteiger charge is 2.56. The summed E-state index contributed by atoms with van der Waals surface area (Å²) in [6.07, 6.45) is -1.03. The van der Waals surface area contributed by atoms with E-state index in [-0.39, 0.29) is 5.69 Å². The average Bonchev–Trinajstić information content (AvgIpc) is 3.16. The van der Waals surface area contributed by atoms with Crippen LogP contribution in [0.3, 0.4) is 0 Å². The minimum absolute atomic E-state index is 0.270. The molecule has 4 rings (SSSR count). The highest BCUT2D eigenvalue weighted by atomic mass is 35.5. The van der Waals surface area contributed by atoms with Crippen LogP contribution >= 0.6 is 23.2 Å². The molecule has 1 fully saturated rings. The lowest BCUT2D eigenvalue weighted by molar-refractivity contribution is -0.126. The zero-order valence-electron chi connectivity index (χ0n) is 13.5. The van der Waals surface area contributed by atoms with Crippen LogP contribution in [-0.2, 0) is 14.4 Å². The zero-order chi connectivity index (χ0) is 18.4. The molecule has 2 atom stereocenters. The van der Waals surface area contributed by atoms with E-state index in [4.69, 9.17) is 32.8 Å². The van der Waals surface area contributed by atoms with E-state index in [1.165, 1.54) is 13.2 Å². The molecule has 0 spiro atoms. The van der Waals surface area contributed by atoms with Gasteiger partial charge < -0.3 is 9.57 Å². The van der Waals surface area contributed by atoms with E-state index in [0.717, 1.165) is 4.90 Å². The Morgan fingerprint density at radius 3 is 2.62 bits per heavy atom. The first-order chi connectivity index (χ1) is 12.5. The Morgan fingerprint density at radius 1 is 1.12 bits per heavy atom. The minimum atomic E-state index is -1.03. The predicted octanol–water partition coefficient (Wildman–Crippen LogP) is 3.29. The largest absolute Gasteiger partial charge is 0.495 e. The van der Waals surface area contributed by atoms with Gasteiger partial charge in [-0.15, -0.1) is 0 Å². The Hall–Kier alpha value is -2.57. The van der Waals surface area contributed by atoms with Crippen molar-refractivity contribution in [3.05, 3.63) is 58.1 Å². The lowest BCUT2D eigenvalue weighted by atomic mass is 9.94. The summed E-state index contributed by atoms with van der Waals surface area (Å²) in [4.78, 5) is 32.2. The van der Waals surface area contributed by atoms with E-state index < -0.39 is 23.8 Å². The van der Waals surface area contributed by atoms with Crippen molar-refractivity contribution in [2.75, 3.05) is 12.0 Å². The van der Waals surface area contributed by atoms with Gasteiger partial charge in [-0.1, -0.05) is 46.6 Å². The van der Waals surface area contributed by atoms with Gasteiger partial charge in [-0.25, -0.2) is 4.90 Å². The average molecular weight is 391 g/mol. The van der Waals surface area contributed by atoms with Crippen molar-refractivity contribution in [3.63, 3.8) is 0 Å². The third-order valence-electron chi connectivity index (χ3n) is 4.34. The maximum atomic E-state index is 13.1. The van der Waals surface area contributed by atoms with Crippen LogP contribution in [0.5, 0.6) is 5.75 Å². The second-order valence-corrected chi connectivity index (χ2v) is 6.63. The number of nitrogens with zero attached hydrogens (tertiary/aromatic N) is 2. The molecule has 2 heterocycles. The molecule has 0 saturated carbocycles. The number of anilines is 1. The van der Waals surface area contributed by atoms with Crippen LogP contribution in [0.1, 0.15) is 5.56 Å². The number of hydrogen-bond donors (Lipinski definition) is 0. The number of carbonyl (C=O) groups is 2. The molecule has 0 aromatic heterocycles. The van der Waals surface area contributed by atoms with E-state index in [2.05, 4.69) is 5.16 Å². The van der Waals surface area contributed by atoms with Crippen LogP contribution in [0, 0.1) is 5.92 Å². The fourth-order valence-electron chi connectivity index (χ4n) is 3.14. The Morgan fingerprint density at radius 2 is 1.88 bits per heavy atom. The molecule has 2 aromatic carbocycles. The number of fused-ring (bicyclic) bond motifs is 1. The summed E-state index contributed by atoms with van der Waals surface area (Å²) >= 11 is 12.3. The van der Waals surface area contributed by atoms with Crippen LogP contribution in [0.25, 0.3) is 0 Å². The quantitative estimate of drug-likeness (QED) is 0.754. The SMILES string of the molecule is COc1ccc(Cl)cc1N1C(=O)[C@@H]2C(c3ccccc3Cl)=NO[C@H]2C1=O. The van der Waals surface area contributed by atoms with Gasteiger partial charge in [0.1, 0.15) is 17.4 Å². The van der Waals surface area contributed by atoms with Gasteiger partial charge in [-0.05, 0) is 24.3 Å². The van der Waals surface area contributed by atoms with Crippen molar-refractivity contribution in [1.29, 1.82) is 0 Å². The molecule has 26 heavy (non-hydrogen) atoms. The van der Waals surface area contributed by atoms with Crippen LogP contribution < -0.4 is 9.64 Å². The van der Waals surface area contributed by atoms with Crippen molar-refractivity contribution in [1.82, 2.24) is 0 Å². The molecular weight excluding hydrogens is 379 g/mol. The molecule has 0 aliphatic carbocycles. The lowest BCUT2D eigenvalue weighted by Crippen LogP contribution is -2.33. The molecule has 6 nitrogen and oxygen atoms in total. The van der Waals surface area contributed by atoms with Crippen molar-refractivity contribution in [2.45, 2.75) is 6.10 Å². The third kappa shape index (κ3) is 2.45. The Kier molecular flexibility index (Phi) is 4.09. The summed E-state index contributed by atoms with van der Waals surface area (Å²) in [6, 6.07) is 11.7. The number of halogens is 2. The summed E-state index contributed by atoms with van der Waals surface area (Å²) in [7, 11) is 1.45. The van der Waals surface area contributed by atoms with Gasteiger partial charge >= 0.3 is 0 Å². The smallest absolute Gasteiger partial charge is 0.279 e. The number of benzene rings is 2. The number of carbonyl (C=O) groups excluding carboxylic acids is 2. The zero-order valence-corrected chi connectivity index (χ0v) is 15.0. The molecule has 0 bridgehead atoms. The monoisotopic (exact) mass is 390 g/mol. The molecule has 1 saturated heterocycles. The Bertz CT molecular complexity index is 960. The van der Waals surface area contributed by atoms with Gasteiger partial charge in [0.15, 0.2) is 0 Å². The first-order valence-corrected chi connectivity index (χ1v) is 8.48. The second kappa shape index (κ2) is 6.30. The van der Waals surface area contributed by atoms with Crippen LogP contribution in [0.15, 0.2) is 47.6 Å². The van der Waals surface area contributed by atoms with Crippen molar-refractivity contribution in [2.24, 2.45) is 11.1 Å². The summed E-state index contributed by atoms with van der Waals surface area (Å²) < 4.78 is 5.27. The first kappa shape index (κ1) is 16.9. The maximum Gasteiger partial charge on any atom is 0.279 e. The Labute approximate surface area is 158 Å². The van der Waals surface area contributed by atoms with E-state index in [1.54, 1.807) is 36.4 Å². The van der Waals surface area contributed by atoms with Gasteiger partial charge in [0.2, 0.25) is 12.0 Å². The topological polar surface area (TPSA) is 68.2 Å². The Balaban J connectivity index is 1.77. The lowest BCUT2D eigenvalue weighted by Gasteiger charge is -2.18. The molecule has 132 valence electrons. The van der Waals surface area contributed by atoms with Crippen molar-refractivity contribution < 1.29 is 19.2 Å². The summed E-state index contributed by atoms with van der Waals surface area (Å²) in [5, 5.41) is 4.75. The van der Waals surface area contributed by atoms with Gasteiger partial charge in [-0.3, -0.25) is 9.59 Å². The molecule has 0 unspecified atom stereocenters. The fourth-order valence-corrected chi connectivity index (χ4v) is 3.54. The minimum Gasteiger partial charge on any atom is -0.495 e. The van der Waals surface area contributed by atoms with Crippen LogP contribution in [0.4, 0.5) is 5.69 Å². The fraction of sp³-hybridized carbons (Fsp3) is 0.167. The number of imide groups is 1. The molecule has 2 aliphatic rings. The second-order valence-electron chi connectivity index (χ2n) is 5.79. The van der Waals surface area contributed by atoms with Gasteiger partial charge in [0.25, 0.3) is 5.91 Å². The molecule has 2 aliphatic heterocycles. The highest BCUT2D eigenvalue weighted by Crippen LogP contribution is 2.40. The number of hydrogen-bond acceptors (Lipinski definition) is 5. The summed E-state index contributed by atoms with van der Waals surface area (Å²) in [6.45, 7) is 0. The van der Waals surface area contributed by atoms with Crippen molar-refractivity contribution in [3.8, 4) is 5.75 Å². The number of oxime groups is 1. The molecule has 2 amide bonds. The number of amides is 2. The van der Waals surface area contributed by atoms with Gasteiger partial charge in [0.05, 0.1) is 12.8 Å². The van der Waals surface area contributed by atoms with Crippen molar-refractivity contribution >= 4 is 46.4 Å². The van der Waals surface area contributed by atoms with Gasteiger partial charge in [0, 0.05) is 15.6 Å². The van der Waals surface area contributed by atoms with E-state index in [1.807, 2.05) is 0 Å². The number of rotatable bonds is 3. The predicted molar refractivity (Wildman–Crippen MR) is 96.8 cm³/mol. The number of ether oxygens (including phenoxy) is 1. The van der Waals surface area contributed by atoms with E-state index >= 15 is 0 Å². The summed E-state index contributed by atoms with van der Waals surface area (Å²) in [5.74, 6) is -1.50.